The fourth-order valence-electron chi connectivity index (χ4n) is 0.256. The van der Waals surface area contributed by atoms with Gasteiger partial charge in [0, 0.05) is 6.21 Å². The normalized spacial score (nSPS) is 10.9. The molecule has 0 atom stereocenters. The van der Waals surface area contributed by atoms with E-state index in [1.807, 2.05) is 13.0 Å². The van der Waals surface area contributed by atoms with E-state index >= 15 is 0 Å². The molecule has 0 aromatic heterocycles. The number of hydrogen-bond acceptors (Lipinski definition) is 3. The second-order valence-corrected chi connectivity index (χ2v) is 1.39. The van der Waals surface area contributed by atoms with Crippen molar-refractivity contribution in [3.63, 3.8) is 0 Å². The first-order chi connectivity index (χ1) is 4.31. The van der Waals surface area contributed by atoms with E-state index in [0.717, 1.165) is 0 Å². The largest absolute Gasteiger partial charge is 0.309 e. The second kappa shape index (κ2) is 5.05. The zero-order valence-electron chi connectivity index (χ0n) is 5.46. The molecule has 0 bridgehead atoms. The van der Waals surface area contributed by atoms with Crippen LogP contribution in [0, 0.1) is 0 Å². The van der Waals surface area contributed by atoms with Gasteiger partial charge in [0.15, 0.2) is 0 Å². The molecule has 3 N–H and O–H groups in total. The van der Waals surface area contributed by atoms with Crippen molar-refractivity contribution in [3.05, 3.63) is 24.6 Å². The molecule has 0 radical (unpaired) electrons. The lowest BCUT2D eigenvalue weighted by Crippen LogP contribution is -2.18. The van der Waals surface area contributed by atoms with Crippen LogP contribution in [-0.2, 0) is 0 Å². The standard InChI is InChI=1S/C6H11N3/c1-3-4-5-8-6(2)9-7/h3-5,9H,2,7H2,1H3/b4-3-,8-5?. The molecule has 3 nitrogen and oxygen atoms in total. The van der Waals surface area contributed by atoms with E-state index in [1.165, 1.54) is 0 Å². The predicted octanol–water partition coefficient (Wildman–Crippen LogP) is 0.568. The first-order valence-corrected chi connectivity index (χ1v) is 2.62. The highest BCUT2D eigenvalue weighted by molar-refractivity contribution is 5.71. The van der Waals surface area contributed by atoms with Crippen molar-refractivity contribution in [1.82, 2.24) is 5.43 Å². The molecule has 0 spiro atoms. The SMILES string of the molecule is C=C(N=C/C=C\C)NN. The van der Waals surface area contributed by atoms with Crippen molar-refractivity contribution in [1.29, 1.82) is 0 Å². The molecule has 0 aromatic carbocycles. The summed E-state index contributed by atoms with van der Waals surface area (Å²) >= 11 is 0. The van der Waals surface area contributed by atoms with Crippen LogP contribution in [0.15, 0.2) is 29.5 Å². The molecule has 50 valence electrons. The third-order valence-corrected chi connectivity index (χ3v) is 0.676. The Bertz CT molecular complexity index is 135. The minimum atomic E-state index is 0.452. The van der Waals surface area contributed by atoms with E-state index in [0.29, 0.717) is 5.82 Å². The van der Waals surface area contributed by atoms with Gasteiger partial charge in [-0.25, -0.2) is 10.8 Å². The van der Waals surface area contributed by atoms with Crippen LogP contribution in [0.2, 0.25) is 0 Å². The van der Waals surface area contributed by atoms with Gasteiger partial charge < -0.3 is 5.43 Å². The molecule has 0 saturated carbocycles. The number of rotatable bonds is 3. The molecule has 0 unspecified atom stereocenters. The van der Waals surface area contributed by atoms with E-state index in [4.69, 9.17) is 5.84 Å². The van der Waals surface area contributed by atoms with Crippen molar-refractivity contribution in [2.75, 3.05) is 0 Å². The second-order valence-electron chi connectivity index (χ2n) is 1.39. The fraction of sp³-hybridized carbons (Fsp3) is 0.167. The summed E-state index contributed by atoms with van der Waals surface area (Å²) < 4.78 is 0. The lowest BCUT2D eigenvalue weighted by Gasteiger charge is -1.91. The zero-order valence-corrected chi connectivity index (χ0v) is 5.46. The van der Waals surface area contributed by atoms with Gasteiger partial charge in [-0.1, -0.05) is 12.7 Å². The van der Waals surface area contributed by atoms with Crippen LogP contribution >= 0.6 is 0 Å². The van der Waals surface area contributed by atoms with Crippen molar-refractivity contribution >= 4 is 6.21 Å². The first-order valence-electron chi connectivity index (χ1n) is 2.62. The van der Waals surface area contributed by atoms with Crippen LogP contribution < -0.4 is 11.3 Å². The Balaban J connectivity index is 3.57. The molecule has 9 heavy (non-hydrogen) atoms. The summed E-state index contributed by atoms with van der Waals surface area (Å²) in [6.45, 7) is 5.38. The number of allylic oxidation sites excluding steroid dienone is 2. The predicted molar refractivity (Wildman–Crippen MR) is 39.8 cm³/mol. The molecule has 0 aliphatic carbocycles. The number of nitrogens with zero attached hydrogens (tertiary/aromatic N) is 1. The Kier molecular flexibility index (Phi) is 4.44. The van der Waals surface area contributed by atoms with Gasteiger partial charge in [0.1, 0.15) is 5.82 Å². The summed E-state index contributed by atoms with van der Waals surface area (Å²) in [6.07, 6.45) is 5.28. The monoisotopic (exact) mass is 125 g/mol. The van der Waals surface area contributed by atoms with Crippen molar-refractivity contribution in [2.24, 2.45) is 10.8 Å². The topological polar surface area (TPSA) is 50.4 Å². The number of nitrogens with two attached hydrogens (primary N) is 1. The molecule has 0 rings (SSSR count). The molecule has 0 aliphatic heterocycles. The smallest absolute Gasteiger partial charge is 0.132 e. The van der Waals surface area contributed by atoms with Crippen LogP contribution in [0.3, 0.4) is 0 Å². The summed E-state index contributed by atoms with van der Waals surface area (Å²) in [6, 6.07) is 0. The van der Waals surface area contributed by atoms with Gasteiger partial charge >= 0.3 is 0 Å². The summed E-state index contributed by atoms with van der Waals surface area (Å²) in [4.78, 5) is 3.79. The van der Waals surface area contributed by atoms with Gasteiger partial charge in [0.25, 0.3) is 0 Å². The highest BCUT2D eigenvalue weighted by atomic mass is 15.3. The maximum atomic E-state index is 4.97. The van der Waals surface area contributed by atoms with Crippen LogP contribution in [0.5, 0.6) is 0 Å². The Labute approximate surface area is 54.9 Å². The van der Waals surface area contributed by atoms with E-state index in [9.17, 15) is 0 Å². The maximum absolute atomic E-state index is 4.97. The van der Waals surface area contributed by atoms with Crippen LogP contribution in [0.4, 0.5) is 0 Å². The number of nitrogens with one attached hydrogen (secondary N) is 1. The molecule has 0 aromatic rings. The van der Waals surface area contributed by atoms with Crippen molar-refractivity contribution in [3.8, 4) is 0 Å². The number of hydrazine groups is 1. The number of hydrogen-bond donors (Lipinski definition) is 2. The first kappa shape index (κ1) is 7.91. The average Bonchev–Trinajstić information content (AvgIpc) is 1.89. The van der Waals surface area contributed by atoms with Gasteiger partial charge in [-0.05, 0) is 13.0 Å². The summed E-state index contributed by atoms with van der Waals surface area (Å²) in [5, 5.41) is 0. The molecule has 0 fully saturated rings. The van der Waals surface area contributed by atoms with Gasteiger partial charge in [-0.3, -0.25) is 0 Å². The van der Waals surface area contributed by atoms with Gasteiger partial charge in [-0.2, -0.15) is 0 Å². The average molecular weight is 125 g/mol. The molecular formula is C6H11N3. The maximum Gasteiger partial charge on any atom is 0.132 e. The third-order valence-electron chi connectivity index (χ3n) is 0.676. The third kappa shape index (κ3) is 4.77. The molecule has 0 aliphatic rings. The molecular weight excluding hydrogens is 114 g/mol. The Morgan fingerprint density at radius 2 is 2.44 bits per heavy atom. The molecule has 0 saturated heterocycles. The molecule has 0 amide bonds. The minimum Gasteiger partial charge on any atom is -0.309 e. The summed E-state index contributed by atoms with van der Waals surface area (Å²) in [7, 11) is 0. The Morgan fingerprint density at radius 1 is 1.78 bits per heavy atom. The number of aliphatic imine (C=N–C) groups is 1. The highest BCUT2D eigenvalue weighted by Crippen LogP contribution is 1.79. The van der Waals surface area contributed by atoms with Gasteiger partial charge in [-0.15, -0.1) is 0 Å². The van der Waals surface area contributed by atoms with Gasteiger partial charge in [0.05, 0.1) is 0 Å². The summed E-state index contributed by atoms with van der Waals surface area (Å²) in [5.41, 5.74) is 2.30. The summed E-state index contributed by atoms with van der Waals surface area (Å²) in [5.74, 6) is 5.42. The Morgan fingerprint density at radius 3 is 2.89 bits per heavy atom. The molecule has 3 heteroatoms. The van der Waals surface area contributed by atoms with Crippen LogP contribution in [0.25, 0.3) is 0 Å². The lowest BCUT2D eigenvalue weighted by molar-refractivity contribution is 0.877. The molecule has 0 heterocycles. The van der Waals surface area contributed by atoms with Crippen LogP contribution in [-0.4, -0.2) is 6.21 Å². The zero-order chi connectivity index (χ0) is 7.11. The fourth-order valence-corrected chi connectivity index (χ4v) is 0.256. The quantitative estimate of drug-likeness (QED) is 0.329. The Hall–Kier alpha value is -1.09. The van der Waals surface area contributed by atoms with E-state index < -0.39 is 0 Å². The van der Waals surface area contributed by atoms with Crippen molar-refractivity contribution in [2.45, 2.75) is 6.92 Å². The van der Waals surface area contributed by atoms with Crippen molar-refractivity contribution < 1.29 is 0 Å². The van der Waals surface area contributed by atoms with E-state index in [1.54, 1.807) is 12.3 Å². The lowest BCUT2D eigenvalue weighted by atomic mass is 10.6. The minimum absolute atomic E-state index is 0.452. The van der Waals surface area contributed by atoms with Crippen LogP contribution in [0.1, 0.15) is 6.92 Å². The van der Waals surface area contributed by atoms with E-state index in [-0.39, 0.29) is 0 Å². The highest BCUT2D eigenvalue weighted by Gasteiger charge is 1.74. The van der Waals surface area contributed by atoms with Gasteiger partial charge in [0.2, 0.25) is 0 Å². The van der Waals surface area contributed by atoms with E-state index in [2.05, 4.69) is 17.0 Å².